The smallest absolute Gasteiger partial charge is 0.214 e. The summed E-state index contributed by atoms with van der Waals surface area (Å²) in [6.45, 7) is 3.52. The summed E-state index contributed by atoms with van der Waals surface area (Å²) in [6.07, 6.45) is 1.40. The van der Waals surface area contributed by atoms with E-state index in [2.05, 4.69) is 6.07 Å². The van der Waals surface area contributed by atoms with Gasteiger partial charge in [-0.1, -0.05) is 19.1 Å². The molecule has 2 heterocycles. The van der Waals surface area contributed by atoms with Gasteiger partial charge in [-0.25, -0.2) is 0 Å². The Bertz CT molecular complexity index is 865. The highest BCUT2D eigenvalue weighted by Crippen LogP contribution is 2.67. The number of nitrogens with one attached hydrogen (secondary N) is 1. The number of thioether (sulfide) groups is 1. The summed E-state index contributed by atoms with van der Waals surface area (Å²) in [5, 5.41) is 38.5. The number of ether oxygens (including phenoxy) is 2. The van der Waals surface area contributed by atoms with Gasteiger partial charge in [0.2, 0.25) is 17.1 Å². The Kier molecular flexibility index (Phi) is 4.23. The second-order valence-corrected chi connectivity index (χ2v) is 7.51. The Morgan fingerprint density at radius 1 is 1.15 bits per heavy atom. The molecule has 0 saturated carbocycles. The number of hydrogen-bond donors (Lipinski definition) is 1. The van der Waals surface area contributed by atoms with E-state index < -0.39 is 28.6 Å². The molecule has 0 spiro atoms. The lowest BCUT2D eigenvalue weighted by Crippen LogP contribution is -2.58. The first kappa shape index (κ1) is 18.3. The highest BCUT2D eigenvalue weighted by molar-refractivity contribution is 7.98. The van der Waals surface area contributed by atoms with Crippen LogP contribution in [0.25, 0.3) is 0 Å². The van der Waals surface area contributed by atoms with E-state index in [1.807, 2.05) is 37.5 Å². The van der Waals surface area contributed by atoms with E-state index in [0.717, 1.165) is 4.90 Å². The summed E-state index contributed by atoms with van der Waals surface area (Å²) in [5.74, 6) is -2.18. The van der Waals surface area contributed by atoms with Gasteiger partial charge in [0.15, 0.2) is 5.41 Å². The maximum absolute atomic E-state index is 10.1. The van der Waals surface area contributed by atoms with Gasteiger partial charge in [-0.15, -0.1) is 11.8 Å². The van der Waals surface area contributed by atoms with Crippen molar-refractivity contribution in [2.45, 2.75) is 37.1 Å². The van der Waals surface area contributed by atoms with Gasteiger partial charge in [-0.05, 0) is 30.4 Å². The molecule has 1 N–H and O–H groups in total. The molecule has 2 saturated heterocycles. The molecule has 0 radical (unpaired) electrons. The first-order valence-electron chi connectivity index (χ1n) is 8.22. The Balaban J connectivity index is 2.28. The normalized spacial score (nSPS) is 34.2. The second-order valence-electron chi connectivity index (χ2n) is 6.63. The van der Waals surface area contributed by atoms with Crippen molar-refractivity contribution in [3.05, 3.63) is 29.8 Å². The van der Waals surface area contributed by atoms with Crippen LogP contribution in [0, 0.1) is 56.2 Å². The van der Waals surface area contributed by atoms with Gasteiger partial charge < -0.3 is 9.47 Å². The van der Waals surface area contributed by atoms with Crippen LogP contribution in [-0.4, -0.2) is 17.9 Å². The number of fused-ring (bicyclic) bond motifs is 2. The summed E-state index contributed by atoms with van der Waals surface area (Å²) >= 11 is 1.57. The van der Waals surface area contributed by atoms with Crippen LogP contribution >= 0.6 is 11.8 Å². The molecule has 0 amide bonds. The van der Waals surface area contributed by atoms with Crippen molar-refractivity contribution in [3.8, 4) is 18.2 Å². The zero-order valence-corrected chi connectivity index (χ0v) is 15.6. The third-order valence-electron chi connectivity index (χ3n) is 5.54. The van der Waals surface area contributed by atoms with Crippen LogP contribution in [0.5, 0.6) is 0 Å². The maximum atomic E-state index is 10.1. The van der Waals surface area contributed by atoms with Crippen LogP contribution in [0.3, 0.4) is 0 Å². The Labute approximate surface area is 156 Å². The van der Waals surface area contributed by atoms with E-state index in [1.165, 1.54) is 0 Å². The molecule has 0 aliphatic carbocycles. The molecule has 26 heavy (non-hydrogen) atoms. The molecule has 3 rings (SSSR count). The predicted molar refractivity (Wildman–Crippen MR) is 94.8 cm³/mol. The molecule has 0 aromatic heterocycles. The molecular formula is C19H18N4O2S. The summed E-state index contributed by atoms with van der Waals surface area (Å²) < 4.78 is 11.8. The van der Waals surface area contributed by atoms with Crippen LogP contribution < -0.4 is 0 Å². The fraction of sp³-hybridized carbons (Fsp3) is 0.474. The van der Waals surface area contributed by atoms with Crippen molar-refractivity contribution in [1.29, 1.82) is 21.2 Å². The molecule has 4 unspecified atom stereocenters. The lowest BCUT2D eigenvalue weighted by atomic mass is 9.53. The fourth-order valence-electron chi connectivity index (χ4n) is 4.30. The molecular weight excluding hydrogens is 348 g/mol. The number of benzene rings is 1. The minimum absolute atomic E-state index is 0.360. The first-order valence-corrected chi connectivity index (χ1v) is 9.45. The summed E-state index contributed by atoms with van der Waals surface area (Å²) in [5.41, 5.74) is -2.94. The van der Waals surface area contributed by atoms with Crippen molar-refractivity contribution >= 4 is 17.7 Å². The second kappa shape index (κ2) is 6.02. The lowest BCUT2D eigenvalue weighted by Gasteiger charge is -2.48. The summed E-state index contributed by atoms with van der Waals surface area (Å²) in [4.78, 5) is 1.03. The molecule has 6 nitrogen and oxygen atoms in total. The van der Waals surface area contributed by atoms with Crippen molar-refractivity contribution in [3.63, 3.8) is 0 Å². The van der Waals surface area contributed by atoms with Gasteiger partial charge in [0.05, 0.1) is 24.1 Å². The van der Waals surface area contributed by atoms with Crippen LogP contribution in [-0.2, 0) is 9.47 Å². The van der Waals surface area contributed by atoms with E-state index in [9.17, 15) is 15.8 Å². The molecule has 7 heteroatoms. The van der Waals surface area contributed by atoms with Crippen molar-refractivity contribution in [2.24, 2.45) is 16.7 Å². The fourth-order valence-corrected chi connectivity index (χ4v) is 4.71. The topological polar surface area (TPSA) is 114 Å². The van der Waals surface area contributed by atoms with E-state index in [1.54, 1.807) is 30.8 Å². The zero-order valence-electron chi connectivity index (χ0n) is 14.7. The molecule has 2 aliphatic heterocycles. The summed E-state index contributed by atoms with van der Waals surface area (Å²) in [7, 11) is 0. The third-order valence-corrected chi connectivity index (χ3v) is 6.29. The van der Waals surface area contributed by atoms with Crippen LogP contribution in [0.15, 0.2) is 29.2 Å². The first-order chi connectivity index (χ1) is 12.4. The summed E-state index contributed by atoms with van der Waals surface area (Å²) in [6, 6.07) is 13.6. The van der Waals surface area contributed by atoms with Crippen LogP contribution in [0.4, 0.5) is 0 Å². The van der Waals surface area contributed by atoms with Crippen molar-refractivity contribution in [1.82, 2.24) is 0 Å². The van der Waals surface area contributed by atoms with Gasteiger partial charge in [0, 0.05) is 11.8 Å². The minimum atomic E-state index is -1.88. The lowest BCUT2D eigenvalue weighted by molar-refractivity contribution is -0.273. The molecule has 1 aromatic rings. The van der Waals surface area contributed by atoms with E-state index in [4.69, 9.17) is 14.9 Å². The molecule has 1 aromatic carbocycles. The molecule has 132 valence electrons. The third kappa shape index (κ3) is 1.98. The van der Waals surface area contributed by atoms with Gasteiger partial charge in [0.1, 0.15) is 6.10 Å². The molecule has 2 aliphatic rings. The van der Waals surface area contributed by atoms with Gasteiger partial charge in [-0.3, -0.25) is 5.41 Å². The number of rotatable bonds is 3. The minimum Gasteiger partial charge on any atom is -0.448 e. The highest BCUT2D eigenvalue weighted by Gasteiger charge is 2.78. The molecule has 2 fully saturated rings. The Hall–Kier alpha value is -2.53. The Morgan fingerprint density at radius 3 is 2.23 bits per heavy atom. The average Bonchev–Trinajstić information content (AvgIpc) is 2.84. The highest BCUT2D eigenvalue weighted by atomic mass is 32.2. The van der Waals surface area contributed by atoms with Crippen molar-refractivity contribution in [2.75, 3.05) is 6.26 Å². The van der Waals surface area contributed by atoms with Gasteiger partial charge >= 0.3 is 0 Å². The van der Waals surface area contributed by atoms with Gasteiger partial charge in [-0.2, -0.15) is 15.8 Å². The maximum Gasteiger partial charge on any atom is 0.214 e. The predicted octanol–water partition coefficient (Wildman–Crippen LogP) is 3.77. The quantitative estimate of drug-likeness (QED) is 0.814. The SMILES string of the molecule is CCC1C2(C)OC(=N)C1(C#N)C(C#N)(C#N)C(c1ccc(SC)cc1)O2. The molecule has 4 atom stereocenters. The average molecular weight is 366 g/mol. The van der Waals surface area contributed by atoms with Gasteiger partial charge in [0.25, 0.3) is 0 Å². The number of nitrogens with zero attached hydrogens (tertiary/aromatic N) is 3. The van der Waals surface area contributed by atoms with Crippen LogP contribution in [0.2, 0.25) is 0 Å². The van der Waals surface area contributed by atoms with E-state index >= 15 is 0 Å². The monoisotopic (exact) mass is 366 g/mol. The number of nitriles is 3. The van der Waals surface area contributed by atoms with Crippen molar-refractivity contribution < 1.29 is 9.47 Å². The van der Waals surface area contributed by atoms with E-state index in [0.29, 0.717) is 12.0 Å². The molecule has 2 bridgehead atoms. The Morgan fingerprint density at radius 2 is 1.77 bits per heavy atom. The largest absolute Gasteiger partial charge is 0.448 e. The zero-order chi connectivity index (χ0) is 19.2. The standard InChI is InChI=1S/C19H18N4O2S/c1-4-14-17(2)24-15(12-5-7-13(26-3)8-6-12)18(9-20,10-21)19(14,11-22)16(23)25-17/h5-8,14-15,23H,4H2,1-3H3. The van der Waals surface area contributed by atoms with Crippen LogP contribution in [0.1, 0.15) is 31.9 Å². The number of hydrogen-bond acceptors (Lipinski definition) is 7. The van der Waals surface area contributed by atoms with E-state index in [-0.39, 0.29) is 5.90 Å².